The first-order chi connectivity index (χ1) is 11.6. The smallest absolute Gasteiger partial charge is 0.150 e. The van der Waals surface area contributed by atoms with Gasteiger partial charge in [0.25, 0.3) is 0 Å². The van der Waals surface area contributed by atoms with Crippen molar-refractivity contribution < 1.29 is 15.5 Å². The molecule has 0 aromatic rings. The van der Waals surface area contributed by atoms with Gasteiger partial charge in [0.15, 0.2) is 0 Å². The Morgan fingerprint density at radius 3 is 1.58 bits per heavy atom. The first kappa shape index (κ1) is 22.1. The van der Waals surface area contributed by atoms with Crippen molar-refractivity contribution in [1.82, 2.24) is 10.6 Å². The SMILES string of the molecule is C1CNCCNC1.O=S1(=O)CCCCCC1.O=S1CCCCCC1.[HH].[HH]. The topological polar surface area (TPSA) is 75.3 Å². The van der Waals surface area contributed by atoms with Gasteiger partial charge < -0.3 is 10.6 Å². The molecule has 148 valence electrons. The lowest BCUT2D eigenvalue weighted by atomic mass is 10.2. The predicted molar refractivity (Wildman–Crippen MR) is 108 cm³/mol. The summed E-state index contributed by atoms with van der Waals surface area (Å²) < 4.78 is 32.5. The van der Waals surface area contributed by atoms with Crippen molar-refractivity contribution in [3.63, 3.8) is 0 Å². The fourth-order valence-electron chi connectivity index (χ4n) is 2.85. The third kappa shape index (κ3) is 13.3. The monoisotopic (exact) mass is 384 g/mol. The largest absolute Gasteiger partial charge is 0.315 e. The van der Waals surface area contributed by atoms with E-state index in [9.17, 15) is 12.6 Å². The molecule has 2 N–H and O–H groups in total. The Bertz CT molecular complexity index is 394. The van der Waals surface area contributed by atoms with Crippen LogP contribution in [-0.4, -0.2) is 61.8 Å². The third-order valence-electron chi connectivity index (χ3n) is 4.34. The molecule has 3 saturated heterocycles. The second-order valence-corrected chi connectivity index (χ2v) is 10.7. The Hall–Kier alpha value is 0.0200. The molecule has 3 aliphatic heterocycles. The number of nitrogens with one attached hydrogen (secondary N) is 2. The maximum atomic E-state index is 10.9. The molecule has 7 heteroatoms. The quantitative estimate of drug-likeness (QED) is 0.670. The summed E-state index contributed by atoms with van der Waals surface area (Å²) in [6.07, 6.45) is 10.2. The van der Waals surface area contributed by atoms with E-state index in [2.05, 4.69) is 10.6 Å². The lowest BCUT2D eigenvalue weighted by Gasteiger charge is -1.93. The van der Waals surface area contributed by atoms with E-state index in [1.807, 2.05) is 0 Å². The fourth-order valence-corrected chi connectivity index (χ4v) is 5.59. The van der Waals surface area contributed by atoms with E-state index in [1.54, 1.807) is 0 Å². The second kappa shape index (κ2) is 14.2. The van der Waals surface area contributed by atoms with Gasteiger partial charge in [-0.2, -0.15) is 0 Å². The van der Waals surface area contributed by atoms with Crippen molar-refractivity contribution in [3.05, 3.63) is 0 Å². The van der Waals surface area contributed by atoms with Gasteiger partial charge in [-0.05, 0) is 45.2 Å². The minimum absolute atomic E-state index is 0. The highest BCUT2D eigenvalue weighted by Gasteiger charge is 2.12. The molecule has 3 rings (SSSR count). The van der Waals surface area contributed by atoms with E-state index in [4.69, 9.17) is 0 Å². The Balaban J connectivity index is 0. The van der Waals surface area contributed by atoms with E-state index >= 15 is 0 Å². The molecule has 3 fully saturated rings. The first-order valence-corrected chi connectivity index (χ1v) is 12.9. The molecule has 0 saturated carbocycles. The molecule has 0 aromatic carbocycles. The molecule has 0 radical (unpaired) electrons. The van der Waals surface area contributed by atoms with Crippen LogP contribution in [0.3, 0.4) is 0 Å². The van der Waals surface area contributed by atoms with Crippen LogP contribution in [0.15, 0.2) is 0 Å². The highest BCUT2D eigenvalue weighted by molar-refractivity contribution is 7.91. The Kier molecular flexibility index (Phi) is 13.1. The summed E-state index contributed by atoms with van der Waals surface area (Å²) in [6.45, 7) is 4.65. The van der Waals surface area contributed by atoms with Gasteiger partial charge in [-0.1, -0.05) is 25.7 Å². The summed E-state index contributed by atoms with van der Waals surface area (Å²) in [7, 11) is -3.08. The lowest BCUT2D eigenvalue weighted by molar-refractivity contribution is 0.595. The summed E-state index contributed by atoms with van der Waals surface area (Å²) in [5.41, 5.74) is 0. The summed E-state index contributed by atoms with van der Waals surface area (Å²) in [5, 5.41) is 6.57. The fraction of sp³-hybridized carbons (Fsp3) is 1.00. The zero-order valence-electron chi connectivity index (χ0n) is 15.1. The molecule has 5 nitrogen and oxygen atoms in total. The van der Waals surface area contributed by atoms with Crippen molar-refractivity contribution in [2.75, 3.05) is 49.2 Å². The van der Waals surface area contributed by atoms with Gasteiger partial charge in [-0.3, -0.25) is 4.21 Å². The summed E-state index contributed by atoms with van der Waals surface area (Å²) in [5.74, 6) is 2.76. The van der Waals surface area contributed by atoms with Crippen molar-refractivity contribution in [2.24, 2.45) is 0 Å². The Morgan fingerprint density at radius 2 is 1.08 bits per heavy atom. The van der Waals surface area contributed by atoms with E-state index in [0.29, 0.717) is 11.5 Å². The lowest BCUT2D eigenvalue weighted by Crippen LogP contribution is -2.21. The maximum Gasteiger partial charge on any atom is 0.150 e. The second-order valence-electron chi connectivity index (χ2n) is 6.68. The normalized spacial score (nSPS) is 25.5. The van der Waals surface area contributed by atoms with Crippen molar-refractivity contribution >= 4 is 20.6 Å². The number of rotatable bonds is 0. The molecule has 0 atom stereocenters. The van der Waals surface area contributed by atoms with Crippen LogP contribution in [0.2, 0.25) is 0 Å². The van der Waals surface area contributed by atoms with Crippen molar-refractivity contribution in [3.8, 4) is 0 Å². The van der Waals surface area contributed by atoms with Crippen LogP contribution in [0.1, 0.15) is 60.6 Å². The highest BCUT2D eigenvalue weighted by Crippen LogP contribution is 2.10. The highest BCUT2D eigenvalue weighted by atomic mass is 32.2. The molecule has 3 aliphatic rings. The van der Waals surface area contributed by atoms with Crippen LogP contribution >= 0.6 is 0 Å². The molecule has 0 amide bonds. The van der Waals surface area contributed by atoms with Gasteiger partial charge in [0, 0.05) is 38.2 Å². The molecule has 0 aromatic heterocycles. The molecule has 24 heavy (non-hydrogen) atoms. The van der Waals surface area contributed by atoms with Crippen molar-refractivity contribution in [2.45, 2.75) is 57.8 Å². The molecule has 0 spiro atoms. The van der Waals surface area contributed by atoms with Gasteiger partial charge in [0.1, 0.15) is 9.84 Å². The number of hydrogen-bond acceptors (Lipinski definition) is 5. The number of hydrogen-bond donors (Lipinski definition) is 2. The minimum atomic E-state index is -2.62. The van der Waals surface area contributed by atoms with Crippen molar-refractivity contribution in [1.29, 1.82) is 0 Å². The zero-order chi connectivity index (χ0) is 17.5. The zero-order valence-corrected chi connectivity index (χ0v) is 16.7. The molecule has 0 bridgehead atoms. The van der Waals surface area contributed by atoms with E-state index in [-0.39, 0.29) is 2.85 Å². The average Bonchev–Trinajstić information content (AvgIpc) is 3.04. The Labute approximate surface area is 154 Å². The van der Waals surface area contributed by atoms with E-state index in [0.717, 1.165) is 50.3 Å². The van der Waals surface area contributed by atoms with Crippen LogP contribution < -0.4 is 10.6 Å². The first-order valence-electron chi connectivity index (χ1n) is 9.57. The molecule has 0 aliphatic carbocycles. The maximum absolute atomic E-state index is 10.9. The predicted octanol–water partition coefficient (Wildman–Crippen LogP) is 2.35. The van der Waals surface area contributed by atoms with Crippen LogP contribution in [0, 0.1) is 0 Å². The Morgan fingerprint density at radius 1 is 0.625 bits per heavy atom. The van der Waals surface area contributed by atoms with Gasteiger partial charge in [-0.15, -0.1) is 0 Å². The average molecular weight is 385 g/mol. The molecule has 3 heterocycles. The standard InChI is InChI=1S/C6H12O2S.C6H12OS.C5H12N2.2H2/c7-9(8)5-3-1-2-4-6-9;7-8-5-3-1-2-4-6-8;1-2-6-4-5-7-3-1;;/h1-6H2;1-6H2;6-7H,1-5H2;2*1H. The van der Waals surface area contributed by atoms with Crippen LogP contribution in [-0.2, 0) is 20.6 Å². The summed E-state index contributed by atoms with van der Waals surface area (Å²) in [6, 6.07) is 0. The van der Waals surface area contributed by atoms with E-state index < -0.39 is 20.6 Å². The third-order valence-corrected chi connectivity index (χ3v) is 7.65. The van der Waals surface area contributed by atoms with Crippen LogP contribution in [0.25, 0.3) is 0 Å². The van der Waals surface area contributed by atoms with Crippen LogP contribution in [0.5, 0.6) is 0 Å². The molecule has 0 unspecified atom stereocenters. The molecular formula is C17H40N2O3S2. The van der Waals surface area contributed by atoms with Gasteiger partial charge >= 0.3 is 0 Å². The summed E-state index contributed by atoms with van der Waals surface area (Å²) in [4.78, 5) is 0. The summed E-state index contributed by atoms with van der Waals surface area (Å²) >= 11 is 0. The van der Waals surface area contributed by atoms with E-state index in [1.165, 1.54) is 45.2 Å². The number of sulfone groups is 1. The van der Waals surface area contributed by atoms with Gasteiger partial charge in [0.2, 0.25) is 0 Å². The van der Waals surface area contributed by atoms with Crippen LogP contribution in [0.4, 0.5) is 0 Å². The minimum Gasteiger partial charge on any atom is -0.315 e. The van der Waals surface area contributed by atoms with Gasteiger partial charge in [-0.25, -0.2) is 8.42 Å². The van der Waals surface area contributed by atoms with Gasteiger partial charge in [0.05, 0.1) is 11.5 Å². The molecular weight excluding hydrogens is 344 g/mol.